The Morgan fingerprint density at radius 1 is 1.33 bits per heavy atom. The van der Waals surface area contributed by atoms with E-state index < -0.39 is 10.0 Å². The quantitative estimate of drug-likeness (QED) is 0.761. The van der Waals surface area contributed by atoms with Crippen molar-refractivity contribution in [2.24, 2.45) is 0 Å². The van der Waals surface area contributed by atoms with E-state index in [4.69, 9.17) is 0 Å². The SMILES string of the molecule is CCNC(C)c1cccc(S(=O)(=O)NN(C)C)c1. The van der Waals surface area contributed by atoms with Gasteiger partial charge >= 0.3 is 0 Å². The van der Waals surface area contributed by atoms with Gasteiger partial charge in [0, 0.05) is 20.1 Å². The van der Waals surface area contributed by atoms with Crippen LogP contribution >= 0.6 is 0 Å². The van der Waals surface area contributed by atoms with E-state index in [1.807, 2.05) is 19.9 Å². The molecule has 5 nitrogen and oxygen atoms in total. The second-order valence-electron chi connectivity index (χ2n) is 4.34. The van der Waals surface area contributed by atoms with E-state index in [1.54, 1.807) is 32.3 Å². The first-order valence-corrected chi connectivity index (χ1v) is 7.38. The maximum absolute atomic E-state index is 12.0. The summed E-state index contributed by atoms with van der Waals surface area (Å²) in [6.45, 7) is 4.87. The molecule has 0 aromatic heterocycles. The molecule has 0 saturated carbocycles. The average Bonchev–Trinajstić information content (AvgIpc) is 2.28. The Kier molecular flexibility index (Phi) is 5.28. The molecular weight excluding hydrogens is 250 g/mol. The van der Waals surface area contributed by atoms with Crippen LogP contribution in [0.1, 0.15) is 25.5 Å². The second-order valence-corrected chi connectivity index (χ2v) is 6.00. The molecule has 1 unspecified atom stereocenters. The number of benzene rings is 1. The van der Waals surface area contributed by atoms with Gasteiger partial charge in [-0.25, -0.2) is 13.4 Å². The molecule has 0 bridgehead atoms. The summed E-state index contributed by atoms with van der Waals surface area (Å²) in [7, 11) is -0.199. The lowest BCUT2D eigenvalue weighted by atomic mass is 10.1. The molecule has 6 heteroatoms. The summed E-state index contributed by atoms with van der Waals surface area (Å²) in [5.41, 5.74) is 0.957. The number of nitrogens with zero attached hydrogens (tertiary/aromatic N) is 1. The van der Waals surface area contributed by atoms with Crippen LogP contribution in [-0.4, -0.2) is 34.1 Å². The molecule has 0 heterocycles. The van der Waals surface area contributed by atoms with Crippen molar-refractivity contribution in [3.05, 3.63) is 29.8 Å². The molecule has 0 saturated heterocycles. The summed E-state index contributed by atoms with van der Waals surface area (Å²) in [5, 5.41) is 4.67. The summed E-state index contributed by atoms with van der Waals surface area (Å²) < 4.78 is 24.0. The topological polar surface area (TPSA) is 61.4 Å². The van der Waals surface area contributed by atoms with Crippen LogP contribution in [0.5, 0.6) is 0 Å². The molecule has 0 aliphatic heterocycles. The molecule has 0 aliphatic carbocycles. The summed E-state index contributed by atoms with van der Waals surface area (Å²) in [6, 6.07) is 7.09. The van der Waals surface area contributed by atoms with Crippen molar-refractivity contribution in [2.45, 2.75) is 24.8 Å². The minimum atomic E-state index is -3.48. The van der Waals surface area contributed by atoms with E-state index in [0.717, 1.165) is 12.1 Å². The molecule has 18 heavy (non-hydrogen) atoms. The predicted octanol–water partition coefficient (Wildman–Crippen LogP) is 1.11. The normalized spacial score (nSPS) is 13.8. The molecule has 0 radical (unpaired) electrons. The van der Waals surface area contributed by atoms with Gasteiger partial charge in [0.15, 0.2) is 0 Å². The molecule has 2 N–H and O–H groups in total. The largest absolute Gasteiger partial charge is 0.310 e. The highest BCUT2D eigenvalue weighted by Gasteiger charge is 2.16. The minimum absolute atomic E-state index is 0.129. The zero-order valence-electron chi connectivity index (χ0n) is 11.3. The molecule has 1 aromatic rings. The van der Waals surface area contributed by atoms with Crippen molar-refractivity contribution < 1.29 is 8.42 Å². The van der Waals surface area contributed by atoms with Gasteiger partial charge in [0.1, 0.15) is 0 Å². The fraction of sp³-hybridized carbons (Fsp3) is 0.500. The number of hydrogen-bond donors (Lipinski definition) is 2. The maximum Gasteiger partial charge on any atom is 0.253 e. The summed E-state index contributed by atoms with van der Waals surface area (Å²) in [6.07, 6.45) is 0. The zero-order valence-corrected chi connectivity index (χ0v) is 12.1. The molecule has 0 spiro atoms. The van der Waals surface area contributed by atoms with Crippen LogP contribution in [0, 0.1) is 0 Å². The van der Waals surface area contributed by atoms with Crippen LogP contribution in [0.15, 0.2) is 29.2 Å². The lowest BCUT2D eigenvalue weighted by Crippen LogP contribution is -2.36. The highest BCUT2D eigenvalue weighted by molar-refractivity contribution is 7.89. The van der Waals surface area contributed by atoms with E-state index in [-0.39, 0.29) is 10.9 Å². The van der Waals surface area contributed by atoms with Gasteiger partial charge in [-0.15, -0.1) is 4.83 Å². The van der Waals surface area contributed by atoms with Crippen LogP contribution in [0.3, 0.4) is 0 Å². The molecular formula is C12H21N3O2S. The molecule has 0 amide bonds. The molecule has 0 aliphatic rings. The number of hydrogen-bond acceptors (Lipinski definition) is 4. The monoisotopic (exact) mass is 271 g/mol. The highest BCUT2D eigenvalue weighted by Crippen LogP contribution is 2.17. The van der Waals surface area contributed by atoms with Gasteiger partial charge in [0.25, 0.3) is 10.0 Å². The Bertz CT molecular complexity index is 486. The number of hydrazine groups is 1. The van der Waals surface area contributed by atoms with Crippen LogP contribution in [-0.2, 0) is 10.0 Å². The second kappa shape index (κ2) is 6.29. The number of sulfonamides is 1. The van der Waals surface area contributed by atoms with Crippen LogP contribution in [0.4, 0.5) is 0 Å². The van der Waals surface area contributed by atoms with Gasteiger partial charge in [-0.1, -0.05) is 19.1 Å². The van der Waals surface area contributed by atoms with Crippen molar-refractivity contribution in [3.63, 3.8) is 0 Å². The van der Waals surface area contributed by atoms with E-state index in [9.17, 15) is 8.42 Å². The lowest BCUT2D eigenvalue weighted by molar-refractivity contribution is 0.364. The van der Waals surface area contributed by atoms with E-state index in [0.29, 0.717) is 0 Å². The molecule has 0 fully saturated rings. The summed E-state index contributed by atoms with van der Waals surface area (Å²) >= 11 is 0. The van der Waals surface area contributed by atoms with Crippen molar-refractivity contribution in [2.75, 3.05) is 20.6 Å². The van der Waals surface area contributed by atoms with Gasteiger partial charge in [-0.2, -0.15) is 0 Å². The number of nitrogens with one attached hydrogen (secondary N) is 2. The number of rotatable bonds is 6. The Morgan fingerprint density at radius 3 is 2.56 bits per heavy atom. The molecule has 1 atom stereocenters. The fourth-order valence-corrected chi connectivity index (χ4v) is 2.80. The van der Waals surface area contributed by atoms with Crippen LogP contribution in [0.2, 0.25) is 0 Å². The van der Waals surface area contributed by atoms with Gasteiger partial charge in [-0.05, 0) is 31.2 Å². The first-order chi connectivity index (χ1) is 8.36. The zero-order chi connectivity index (χ0) is 13.8. The first-order valence-electron chi connectivity index (χ1n) is 5.90. The Labute approximate surface area is 109 Å². The lowest BCUT2D eigenvalue weighted by Gasteiger charge is -2.16. The third-order valence-electron chi connectivity index (χ3n) is 2.48. The minimum Gasteiger partial charge on any atom is -0.310 e. The standard InChI is InChI=1S/C12H21N3O2S/c1-5-13-10(2)11-7-6-8-12(9-11)18(16,17)14-15(3)4/h6-10,13-14H,5H2,1-4H3. The Balaban J connectivity index is 3.01. The Morgan fingerprint density at radius 2 is 2.00 bits per heavy atom. The summed E-state index contributed by atoms with van der Waals surface area (Å²) in [5.74, 6) is 0. The van der Waals surface area contributed by atoms with Crippen LogP contribution in [0.25, 0.3) is 0 Å². The molecule has 102 valence electrons. The smallest absolute Gasteiger partial charge is 0.253 e. The Hall–Kier alpha value is -0.950. The fourth-order valence-electron chi connectivity index (χ4n) is 1.67. The predicted molar refractivity (Wildman–Crippen MR) is 72.5 cm³/mol. The molecule has 1 rings (SSSR count). The van der Waals surface area contributed by atoms with Crippen molar-refractivity contribution in [3.8, 4) is 0 Å². The summed E-state index contributed by atoms with van der Waals surface area (Å²) in [4.78, 5) is 2.70. The first kappa shape index (κ1) is 15.1. The van der Waals surface area contributed by atoms with Gasteiger partial charge in [0.05, 0.1) is 4.90 Å². The van der Waals surface area contributed by atoms with Crippen molar-refractivity contribution >= 4 is 10.0 Å². The maximum atomic E-state index is 12.0. The average molecular weight is 271 g/mol. The van der Waals surface area contributed by atoms with Crippen molar-refractivity contribution in [1.29, 1.82) is 0 Å². The molecule has 1 aromatic carbocycles. The van der Waals surface area contributed by atoms with Gasteiger partial charge in [-0.3, -0.25) is 0 Å². The third-order valence-corrected chi connectivity index (χ3v) is 3.96. The third kappa shape index (κ3) is 4.06. The highest BCUT2D eigenvalue weighted by atomic mass is 32.2. The van der Waals surface area contributed by atoms with Crippen LogP contribution < -0.4 is 10.1 Å². The van der Waals surface area contributed by atoms with E-state index in [2.05, 4.69) is 10.1 Å². The van der Waals surface area contributed by atoms with Gasteiger partial charge < -0.3 is 5.32 Å². The van der Waals surface area contributed by atoms with E-state index in [1.165, 1.54) is 5.01 Å². The van der Waals surface area contributed by atoms with Crippen molar-refractivity contribution in [1.82, 2.24) is 15.2 Å². The van der Waals surface area contributed by atoms with E-state index >= 15 is 0 Å². The van der Waals surface area contributed by atoms with Gasteiger partial charge in [0.2, 0.25) is 0 Å².